The molecular formula is C36H62N2O11. The molecule has 3 rings (SSSR count). The Morgan fingerprint density at radius 1 is 0.918 bits per heavy atom. The van der Waals surface area contributed by atoms with Crippen molar-refractivity contribution in [1.29, 1.82) is 0 Å². The van der Waals surface area contributed by atoms with E-state index in [-0.39, 0.29) is 30.9 Å². The van der Waals surface area contributed by atoms with Crippen molar-refractivity contribution in [2.45, 2.75) is 146 Å². The Hall–Kier alpha value is -1.78. The quantitative estimate of drug-likeness (QED) is 0.238. The minimum atomic E-state index is -1.37. The van der Waals surface area contributed by atoms with Crippen LogP contribution in [0.25, 0.3) is 0 Å². The molecule has 1 unspecified atom stereocenters. The Morgan fingerprint density at radius 2 is 1.63 bits per heavy atom. The fourth-order valence-corrected chi connectivity index (χ4v) is 7.35. The van der Waals surface area contributed by atoms with E-state index in [2.05, 4.69) is 11.8 Å². The maximum atomic E-state index is 12.9. The Labute approximate surface area is 292 Å². The highest BCUT2D eigenvalue weighted by molar-refractivity contribution is 5.70. The van der Waals surface area contributed by atoms with Crippen molar-refractivity contribution in [3.8, 4) is 0 Å². The van der Waals surface area contributed by atoms with Crippen molar-refractivity contribution in [3.05, 3.63) is 24.3 Å². The number of hydrogen-bond donors (Lipinski definition) is 3. The third-order valence-corrected chi connectivity index (χ3v) is 10.1. The first-order chi connectivity index (χ1) is 23.2. The molecule has 0 bridgehead atoms. The molecule has 49 heavy (non-hydrogen) atoms. The molecule has 0 saturated carbocycles. The van der Waals surface area contributed by atoms with E-state index in [1.54, 1.807) is 32.8 Å². The maximum Gasteiger partial charge on any atom is 0.308 e. The Kier molecular flexibility index (Phi) is 16.8. The van der Waals surface area contributed by atoms with Crippen LogP contribution in [-0.4, -0.2) is 152 Å². The van der Waals surface area contributed by atoms with Crippen LogP contribution in [0.5, 0.6) is 0 Å². The maximum absolute atomic E-state index is 12.9. The molecule has 0 aromatic carbocycles. The van der Waals surface area contributed by atoms with Gasteiger partial charge in [-0.25, -0.2) is 0 Å². The molecule has 282 valence electrons. The van der Waals surface area contributed by atoms with Crippen molar-refractivity contribution in [1.82, 2.24) is 9.80 Å². The highest BCUT2D eigenvalue weighted by Crippen LogP contribution is 2.34. The summed E-state index contributed by atoms with van der Waals surface area (Å²) in [5.74, 6) is -1.35. The van der Waals surface area contributed by atoms with Gasteiger partial charge in [0.25, 0.3) is 0 Å². The fourth-order valence-electron chi connectivity index (χ4n) is 7.35. The van der Waals surface area contributed by atoms with Crippen LogP contribution in [0.2, 0.25) is 0 Å². The lowest BCUT2D eigenvalue weighted by molar-refractivity contribution is -0.309. The molecule has 3 aliphatic heterocycles. The summed E-state index contributed by atoms with van der Waals surface area (Å²) in [5.41, 5.74) is 0. The number of rotatable bonds is 9. The van der Waals surface area contributed by atoms with Gasteiger partial charge in [-0.2, -0.15) is 0 Å². The molecule has 0 amide bonds. The first kappa shape index (κ1) is 41.6. The summed E-state index contributed by atoms with van der Waals surface area (Å²) in [6.45, 7) is 7.53. The van der Waals surface area contributed by atoms with Crippen LogP contribution < -0.4 is 0 Å². The van der Waals surface area contributed by atoms with Crippen molar-refractivity contribution >= 4 is 12.3 Å². The van der Waals surface area contributed by atoms with Gasteiger partial charge < -0.3 is 58.3 Å². The van der Waals surface area contributed by atoms with Crippen LogP contribution in [0, 0.1) is 11.8 Å². The van der Waals surface area contributed by atoms with E-state index >= 15 is 0 Å². The van der Waals surface area contributed by atoms with Gasteiger partial charge in [0.05, 0.1) is 49.1 Å². The molecule has 0 aliphatic carbocycles. The number of methoxy groups -OCH3 is 1. The molecule has 0 aromatic heterocycles. The SMILES string of the molecule is CO[C@H]1[C@H](O)CC(=O)O[C@H](C)CC=CC=C[C@H](O[C@H]2CC[C@H](N(C)C)[C@@H](C)O2)[C@H](C)CC(CC=O)[C@@H]1O[C@@H]1O[C@H](C)[C@@H](O)[C@H](N(C)C)[C@H]1O. The summed E-state index contributed by atoms with van der Waals surface area (Å²) in [4.78, 5) is 29.0. The molecule has 13 heteroatoms. The Morgan fingerprint density at radius 3 is 2.24 bits per heavy atom. The summed E-state index contributed by atoms with van der Waals surface area (Å²) >= 11 is 0. The second-order valence-corrected chi connectivity index (χ2v) is 14.4. The highest BCUT2D eigenvalue weighted by atomic mass is 16.7. The lowest BCUT2D eigenvalue weighted by Gasteiger charge is -2.46. The first-order valence-electron chi connectivity index (χ1n) is 17.7. The van der Waals surface area contributed by atoms with Crippen LogP contribution in [0.3, 0.4) is 0 Å². The van der Waals surface area contributed by atoms with Crippen LogP contribution in [0.15, 0.2) is 24.3 Å². The Balaban J connectivity index is 2.00. The van der Waals surface area contributed by atoms with Gasteiger partial charge >= 0.3 is 5.97 Å². The number of aldehydes is 1. The number of hydrogen-bond acceptors (Lipinski definition) is 13. The number of cyclic esters (lactones) is 1. The van der Waals surface area contributed by atoms with Crippen molar-refractivity contribution in [3.63, 3.8) is 0 Å². The van der Waals surface area contributed by atoms with E-state index in [1.165, 1.54) is 7.11 Å². The average Bonchev–Trinajstić information content (AvgIpc) is 3.01. The van der Waals surface area contributed by atoms with Gasteiger partial charge in [0.15, 0.2) is 12.6 Å². The molecule has 3 aliphatic rings. The topological polar surface area (TPSA) is 157 Å². The van der Waals surface area contributed by atoms with E-state index in [9.17, 15) is 24.9 Å². The average molecular weight is 699 g/mol. The van der Waals surface area contributed by atoms with Crippen LogP contribution in [0.1, 0.15) is 66.2 Å². The smallest absolute Gasteiger partial charge is 0.308 e. The Bertz CT molecular complexity index is 1070. The van der Waals surface area contributed by atoms with E-state index in [0.717, 1.165) is 19.1 Å². The monoisotopic (exact) mass is 698 g/mol. The molecular weight excluding hydrogens is 636 g/mol. The van der Waals surface area contributed by atoms with E-state index in [1.807, 2.05) is 45.3 Å². The van der Waals surface area contributed by atoms with Gasteiger partial charge in [0.2, 0.25) is 0 Å². The van der Waals surface area contributed by atoms with E-state index in [0.29, 0.717) is 12.8 Å². The molecule has 2 saturated heterocycles. The fraction of sp³-hybridized carbons (Fsp3) is 0.833. The summed E-state index contributed by atoms with van der Waals surface area (Å²) < 4.78 is 36.8. The van der Waals surface area contributed by atoms with Gasteiger partial charge in [-0.3, -0.25) is 4.79 Å². The molecule has 2 fully saturated rings. The van der Waals surface area contributed by atoms with E-state index < -0.39 is 79.3 Å². The van der Waals surface area contributed by atoms with Crippen molar-refractivity contribution in [2.24, 2.45) is 11.8 Å². The van der Waals surface area contributed by atoms with Gasteiger partial charge in [-0.1, -0.05) is 31.2 Å². The van der Waals surface area contributed by atoms with Gasteiger partial charge in [0.1, 0.15) is 24.6 Å². The summed E-state index contributed by atoms with van der Waals surface area (Å²) in [6.07, 6.45) is 1.58. The lowest BCUT2D eigenvalue weighted by atomic mass is 9.82. The van der Waals surface area contributed by atoms with Crippen LogP contribution >= 0.6 is 0 Å². The molecule has 0 spiro atoms. The van der Waals surface area contributed by atoms with Crippen molar-refractivity contribution in [2.75, 3.05) is 35.3 Å². The second kappa shape index (κ2) is 19.7. The zero-order valence-electron chi connectivity index (χ0n) is 30.8. The van der Waals surface area contributed by atoms with Crippen molar-refractivity contribution < 1.29 is 53.3 Å². The van der Waals surface area contributed by atoms with Gasteiger partial charge in [0, 0.05) is 26.0 Å². The zero-order valence-corrected chi connectivity index (χ0v) is 30.8. The van der Waals surface area contributed by atoms with Gasteiger partial charge in [-0.15, -0.1) is 0 Å². The number of carbonyl (C=O) groups is 2. The number of nitrogens with zero attached hydrogens (tertiary/aromatic N) is 2. The molecule has 15 atom stereocenters. The van der Waals surface area contributed by atoms with E-state index in [4.69, 9.17) is 28.4 Å². The number of allylic oxidation sites excluding steroid dienone is 2. The number of likely N-dealkylation sites (N-methyl/N-ethyl adjacent to an activating group) is 2. The number of aliphatic hydroxyl groups is 3. The van der Waals surface area contributed by atoms with Gasteiger partial charge in [-0.05, 0) is 80.1 Å². The summed E-state index contributed by atoms with van der Waals surface area (Å²) in [5, 5.41) is 33.6. The van der Waals surface area contributed by atoms with Crippen LogP contribution in [0.4, 0.5) is 0 Å². The molecule has 0 radical (unpaired) electrons. The minimum absolute atomic E-state index is 0.0262. The number of aliphatic hydroxyl groups excluding tert-OH is 3. The number of carbonyl (C=O) groups excluding carboxylic acids is 2. The third-order valence-electron chi connectivity index (χ3n) is 10.1. The molecule has 13 nitrogen and oxygen atoms in total. The third kappa shape index (κ3) is 11.6. The minimum Gasteiger partial charge on any atom is -0.462 e. The standard InChI is InChI=1S/C36H62N2O11/c1-21-19-25(17-18-39)34(49-36-33(43)31(38(7)8)32(42)24(4)47-36)35(44-9)27(40)20-29(41)45-22(2)13-11-10-12-14-28(21)48-30-16-15-26(37(5)6)23(3)46-30/h10-12,14,18,21-28,30-36,40,42-43H,13,15-17,19-20H2,1-9H3/t21-,22-,23-,24-,25?,26+,27-,28+,30+,31+,32-,33-,34+,35+,36+/m1/s1. The normalized spacial score (nSPS) is 41.9. The summed E-state index contributed by atoms with van der Waals surface area (Å²) in [7, 11) is 8.97. The highest BCUT2D eigenvalue weighted by Gasteiger charge is 2.48. The molecule has 3 N–H and O–H groups in total. The first-order valence-corrected chi connectivity index (χ1v) is 17.7. The summed E-state index contributed by atoms with van der Waals surface area (Å²) in [6, 6.07) is -0.434. The van der Waals surface area contributed by atoms with Crippen LogP contribution in [-0.2, 0) is 38.0 Å². The number of ether oxygens (including phenoxy) is 6. The predicted octanol–water partition coefficient (Wildman–Crippen LogP) is 2.05. The second-order valence-electron chi connectivity index (χ2n) is 14.4. The lowest BCUT2D eigenvalue weighted by Crippen LogP contribution is -2.63. The molecule has 3 heterocycles. The molecule has 0 aromatic rings. The largest absolute Gasteiger partial charge is 0.462 e. The predicted molar refractivity (Wildman–Crippen MR) is 182 cm³/mol. The number of esters is 1. The zero-order chi connectivity index (χ0) is 36.4.